The second-order valence-corrected chi connectivity index (χ2v) is 3.65. The minimum absolute atomic E-state index is 0.0858. The Balaban J connectivity index is 2.40. The third-order valence-electron chi connectivity index (χ3n) is 1.98. The van der Waals surface area contributed by atoms with Gasteiger partial charge >= 0.3 is 0 Å². The van der Waals surface area contributed by atoms with Crippen molar-refractivity contribution in [1.82, 2.24) is 15.0 Å². The maximum absolute atomic E-state index is 12.0. The van der Waals surface area contributed by atoms with Crippen LogP contribution in [-0.2, 0) is 0 Å². The van der Waals surface area contributed by atoms with Crippen LogP contribution in [0, 0.1) is 0 Å². The summed E-state index contributed by atoms with van der Waals surface area (Å²) in [6.07, 6.45) is 0. The van der Waals surface area contributed by atoms with E-state index in [1.54, 1.807) is 24.3 Å². The van der Waals surface area contributed by atoms with Gasteiger partial charge in [0.05, 0.1) is 0 Å². The smallest absolute Gasteiger partial charge is 0.230 e. The number of hydrogen-bond acceptors (Lipinski definition) is 6. The Kier molecular flexibility index (Phi) is 2.88. The van der Waals surface area contributed by atoms with Gasteiger partial charge in [0.2, 0.25) is 23.5 Å². The molecule has 2 rings (SSSR count). The van der Waals surface area contributed by atoms with Crippen molar-refractivity contribution in [3.05, 3.63) is 40.7 Å². The van der Waals surface area contributed by atoms with Gasteiger partial charge in [-0.25, -0.2) is 0 Å². The minimum Gasteiger partial charge on any atom is -0.368 e. The molecule has 0 bridgehead atoms. The summed E-state index contributed by atoms with van der Waals surface area (Å²) in [7, 11) is 0. The van der Waals surface area contributed by atoms with Crippen molar-refractivity contribution in [2.75, 3.05) is 11.5 Å². The van der Waals surface area contributed by atoms with Crippen molar-refractivity contribution < 1.29 is 4.79 Å². The molecule has 0 saturated heterocycles. The molecule has 0 amide bonds. The number of nitrogens with zero attached hydrogens (tertiary/aromatic N) is 3. The fourth-order valence-corrected chi connectivity index (χ4v) is 1.37. The van der Waals surface area contributed by atoms with Crippen molar-refractivity contribution in [1.29, 1.82) is 0 Å². The highest BCUT2D eigenvalue weighted by Gasteiger charge is 2.14. The number of carbonyl (C=O) groups is 1. The Morgan fingerprint density at radius 2 is 1.53 bits per heavy atom. The van der Waals surface area contributed by atoms with Crippen LogP contribution in [0.3, 0.4) is 0 Å². The lowest BCUT2D eigenvalue weighted by Gasteiger charge is -2.01. The van der Waals surface area contributed by atoms with Crippen molar-refractivity contribution in [2.24, 2.45) is 0 Å². The molecule has 0 radical (unpaired) electrons. The molecule has 1 heterocycles. The number of halogens is 1. The first-order valence-corrected chi connectivity index (χ1v) is 5.01. The van der Waals surface area contributed by atoms with Crippen LogP contribution in [0.4, 0.5) is 11.9 Å². The highest BCUT2D eigenvalue weighted by molar-refractivity contribution is 6.30. The topological polar surface area (TPSA) is 108 Å². The molecule has 0 saturated carbocycles. The van der Waals surface area contributed by atoms with Crippen LogP contribution in [0.2, 0.25) is 5.02 Å². The van der Waals surface area contributed by atoms with E-state index in [4.69, 9.17) is 23.1 Å². The molecule has 0 aliphatic carbocycles. The highest BCUT2D eigenvalue weighted by atomic mass is 35.5. The molecular weight excluding hydrogens is 242 g/mol. The lowest BCUT2D eigenvalue weighted by Crippen LogP contribution is -2.12. The van der Waals surface area contributed by atoms with Gasteiger partial charge in [0.1, 0.15) is 0 Å². The fraction of sp³-hybridized carbons (Fsp3) is 0. The fourth-order valence-electron chi connectivity index (χ4n) is 1.24. The molecule has 1 aromatic heterocycles. The molecule has 0 aliphatic heterocycles. The number of rotatable bonds is 2. The number of aromatic nitrogens is 3. The van der Waals surface area contributed by atoms with Gasteiger partial charge in [-0.15, -0.1) is 0 Å². The molecule has 1 aromatic carbocycles. The summed E-state index contributed by atoms with van der Waals surface area (Å²) in [6.45, 7) is 0. The molecule has 2 aromatic rings. The number of ketones is 1. The number of hydrogen-bond donors (Lipinski definition) is 2. The summed E-state index contributed by atoms with van der Waals surface area (Å²) in [5.41, 5.74) is 11.2. The number of nitrogens with two attached hydrogens (primary N) is 2. The SMILES string of the molecule is Nc1nc(N)nc(C(=O)c2ccc(Cl)cc2)n1. The number of benzene rings is 1. The lowest BCUT2D eigenvalue weighted by atomic mass is 10.1. The van der Waals surface area contributed by atoms with Gasteiger partial charge < -0.3 is 11.5 Å². The number of anilines is 2. The molecule has 86 valence electrons. The molecule has 0 unspecified atom stereocenters. The summed E-state index contributed by atoms with van der Waals surface area (Å²) >= 11 is 5.72. The van der Waals surface area contributed by atoms with E-state index in [0.717, 1.165) is 0 Å². The number of carbonyl (C=O) groups excluding carboxylic acids is 1. The standard InChI is InChI=1S/C10H8ClN5O/c11-6-3-1-5(2-4-6)7(17)8-14-9(12)16-10(13)15-8/h1-4H,(H4,12,13,14,15,16). The van der Waals surface area contributed by atoms with Gasteiger partial charge in [-0.05, 0) is 24.3 Å². The van der Waals surface area contributed by atoms with E-state index in [1.165, 1.54) is 0 Å². The van der Waals surface area contributed by atoms with E-state index in [1.807, 2.05) is 0 Å². The Labute approximate surface area is 102 Å². The summed E-state index contributed by atoms with van der Waals surface area (Å²) < 4.78 is 0. The van der Waals surface area contributed by atoms with E-state index >= 15 is 0 Å². The van der Waals surface area contributed by atoms with Gasteiger partial charge in [-0.3, -0.25) is 4.79 Å². The molecule has 0 fully saturated rings. The lowest BCUT2D eigenvalue weighted by molar-refractivity contribution is 0.102. The van der Waals surface area contributed by atoms with Crippen molar-refractivity contribution >= 4 is 29.3 Å². The Morgan fingerprint density at radius 1 is 1.00 bits per heavy atom. The Morgan fingerprint density at radius 3 is 2.06 bits per heavy atom. The molecule has 17 heavy (non-hydrogen) atoms. The number of nitrogen functional groups attached to an aromatic ring is 2. The quantitative estimate of drug-likeness (QED) is 0.766. The first kappa shape index (κ1) is 11.3. The van der Waals surface area contributed by atoms with Gasteiger partial charge in [-0.1, -0.05) is 11.6 Å². The Hall–Kier alpha value is -2.21. The summed E-state index contributed by atoms with van der Waals surface area (Å²) in [5, 5.41) is 0.538. The van der Waals surface area contributed by atoms with E-state index in [9.17, 15) is 4.79 Å². The molecule has 4 N–H and O–H groups in total. The highest BCUT2D eigenvalue weighted by Crippen LogP contribution is 2.12. The van der Waals surface area contributed by atoms with Crippen molar-refractivity contribution in [3.8, 4) is 0 Å². The average molecular weight is 250 g/mol. The first-order valence-electron chi connectivity index (χ1n) is 4.63. The normalized spacial score (nSPS) is 10.2. The molecular formula is C10H8ClN5O. The first-order chi connectivity index (χ1) is 8.06. The zero-order valence-corrected chi connectivity index (χ0v) is 9.35. The largest absolute Gasteiger partial charge is 0.368 e. The molecule has 0 aliphatic rings. The zero-order valence-electron chi connectivity index (χ0n) is 8.59. The predicted octanol–water partition coefficient (Wildman–Crippen LogP) is 0.920. The second kappa shape index (κ2) is 4.34. The molecule has 0 spiro atoms. The average Bonchev–Trinajstić information content (AvgIpc) is 2.28. The van der Waals surface area contributed by atoms with Gasteiger partial charge in [0.25, 0.3) is 0 Å². The van der Waals surface area contributed by atoms with Crippen molar-refractivity contribution in [2.45, 2.75) is 0 Å². The molecule has 6 nitrogen and oxygen atoms in total. The van der Waals surface area contributed by atoms with Crippen molar-refractivity contribution in [3.63, 3.8) is 0 Å². The van der Waals surface area contributed by atoms with Gasteiger partial charge in [-0.2, -0.15) is 15.0 Å². The van der Waals surface area contributed by atoms with E-state index in [-0.39, 0.29) is 23.5 Å². The maximum Gasteiger partial charge on any atom is 0.230 e. The van der Waals surface area contributed by atoms with Crippen LogP contribution >= 0.6 is 11.6 Å². The van der Waals surface area contributed by atoms with E-state index in [0.29, 0.717) is 10.6 Å². The van der Waals surface area contributed by atoms with Crippen LogP contribution in [0.1, 0.15) is 16.2 Å². The third kappa shape index (κ3) is 2.48. The summed E-state index contributed by atoms with van der Waals surface area (Å²) in [4.78, 5) is 23.0. The maximum atomic E-state index is 12.0. The van der Waals surface area contributed by atoms with E-state index in [2.05, 4.69) is 15.0 Å². The van der Waals surface area contributed by atoms with Gasteiger partial charge in [0, 0.05) is 10.6 Å². The predicted molar refractivity (Wildman–Crippen MR) is 63.5 cm³/mol. The van der Waals surface area contributed by atoms with Crippen LogP contribution < -0.4 is 11.5 Å². The van der Waals surface area contributed by atoms with Crippen LogP contribution in [0.5, 0.6) is 0 Å². The molecule has 0 atom stereocenters. The third-order valence-corrected chi connectivity index (χ3v) is 2.23. The summed E-state index contributed by atoms with van der Waals surface area (Å²) in [5.74, 6) is -0.649. The van der Waals surface area contributed by atoms with Crippen LogP contribution in [0.15, 0.2) is 24.3 Å². The van der Waals surface area contributed by atoms with Crippen LogP contribution in [0.25, 0.3) is 0 Å². The van der Waals surface area contributed by atoms with Gasteiger partial charge in [0.15, 0.2) is 0 Å². The minimum atomic E-state index is -0.387. The molecule has 7 heteroatoms. The van der Waals surface area contributed by atoms with Crippen LogP contribution in [-0.4, -0.2) is 20.7 Å². The second-order valence-electron chi connectivity index (χ2n) is 3.21. The van der Waals surface area contributed by atoms with E-state index < -0.39 is 0 Å². The summed E-state index contributed by atoms with van der Waals surface area (Å²) in [6, 6.07) is 6.34. The monoisotopic (exact) mass is 249 g/mol. The Bertz CT molecular complexity index is 549. The zero-order chi connectivity index (χ0) is 12.4.